The molecule has 1 atom stereocenters. The molecule has 1 amide bonds. The summed E-state index contributed by atoms with van der Waals surface area (Å²) >= 11 is 1.24. The molecule has 0 bridgehead atoms. The van der Waals surface area contributed by atoms with Gasteiger partial charge in [-0.25, -0.2) is 4.99 Å². The van der Waals surface area contributed by atoms with Gasteiger partial charge < -0.3 is 19.5 Å². The molecule has 1 aliphatic rings. The standard InChI is InChI=1S/C32H28N4O5S/c1-19-10-12-22(18-25(19)39-3)29-28(30(37)35-23-8-6-5-7-9-23)20(2)34-32-36(29)31(38)27(42-32)17-21-11-13-24(41-15-14-33)26(16-21)40-4/h5-13,16-18,29H,15H2,1-4H3,(H,35,37)/b27-17-/t29-/m0/s1. The minimum atomic E-state index is -0.738. The highest BCUT2D eigenvalue weighted by Gasteiger charge is 2.33. The molecular weight excluding hydrogens is 552 g/mol. The highest BCUT2D eigenvalue weighted by atomic mass is 32.1. The van der Waals surface area contributed by atoms with Crippen molar-refractivity contribution in [3.8, 4) is 23.3 Å². The Morgan fingerprint density at radius 1 is 1.05 bits per heavy atom. The van der Waals surface area contributed by atoms with E-state index in [1.165, 1.54) is 18.4 Å². The zero-order valence-corrected chi connectivity index (χ0v) is 24.3. The summed E-state index contributed by atoms with van der Waals surface area (Å²) in [6, 6.07) is 21.2. The molecule has 2 heterocycles. The molecule has 1 N–H and O–H groups in total. The van der Waals surface area contributed by atoms with Crippen molar-refractivity contribution in [3.63, 3.8) is 0 Å². The number of aromatic nitrogens is 1. The zero-order valence-electron chi connectivity index (χ0n) is 23.5. The summed E-state index contributed by atoms with van der Waals surface area (Å²) in [5.41, 5.74) is 3.58. The number of nitrogens with one attached hydrogen (secondary N) is 1. The summed E-state index contributed by atoms with van der Waals surface area (Å²) in [7, 11) is 3.10. The van der Waals surface area contributed by atoms with E-state index in [9.17, 15) is 9.59 Å². The summed E-state index contributed by atoms with van der Waals surface area (Å²) in [6.45, 7) is 3.60. The third kappa shape index (κ3) is 5.55. The third-order valence-corrected chi connectivity index (χ3v) is 7.81. The Morgan fingerprint density at radius 3 is 2.52 bits per heavy atom. The monoisotopic (exact) mass is 580 g/mol. The average Bonchev–Trinajstić information content (AvgIpc) is 3.30. The number of para-hydroxylation sites is 1. The molecule has 4 aromatic rings. The van der Waals surface area contributed by atoms with E-state index in [0.717, 1.165) is 11.1 Å². The Hall–Kier alpha value is -5.14. The number of amides is 1. The Balaban J connectivity index is 1.65. The largest absolute Gasteiger partial charge is 0.496 e. The van der Waals surface area contributed by atoms with Crippen LogP contribution in [0.15, 0.2) is 87.8 Å². The van der Waals surface area contributed by atoms with E-state index in [-0.39, 0.29) is 18.1 Å². The van der Waals surface area contributed by atoms with Crippen LogP contribution < -0.4 is 34.4 Å². The van der Waals surface area contributed by atoms with Crippen LogP contribution in [-0.4, -0.2) is 31.3 Å². The number of fused-ring (bicyclic) bond motifs is 1. The highest BCUT2D eigenvalue weighted by Crippen LogP contribution is 2.34. The number of carbonyl (C=O) groups is 1. The van der Waals surface area contributed by atoms with Crippen LogP contribution in [0.25, 0.3) is 6.08 Å². The molecule has 212 valence electrons. The molecule has 10 heteroatoms. The molecule has 0 unspecified atom stereocenters. The fraction of sp³-hybridized carbons (Fsp3) is 0.188. The van der Waals surface area contributed by atoms with E-state index < -0.39 is 6.04 Å². The molecule has 1 aliphatic heterocycles. The van der Waals surface area contributed by atoms with Gasteiger partial charge in [0.1, 0.15) is 11.8 Å². The number of benzene rings is 3. The molecule has 0 spiro atoms. The number of anilines is 1. The van der Waals surface area contributed by atoms with E-state index in [2.05, 4.69) is 5.32 Å². The number of nitriles is 1. The summed E-state index contributed by atoms with van der Waals surface area (Å²) < 4.78 is 18.4. The lowest BCUT2D eigenvalue weighted by atomic mass is 9.94. The summed E-state index contributed by atoms with van der Waals surface area (Å²) in [4.78, 5) is 33.0. The van der Waals surface area contributed by atoms with Crippen LogP contribution in [0.1, 0.15) is 29.7 Å². The molecule has 5 rings (SSSR count). The minimum Gasteiger partial charge on any atom is -0.496 e. The fourth-order valence-corrected chi connectivity index (χ4v) is 5.86. The highest BCUT2D eigenvalue weighted by molar-refractivity contribution is 7.07. The predicted molar refractivity (Wildman–Crippen MR) is 161 cm³/mol. The van der Waals surface area contributed by atoms with Gasteiger partial charge in [0.25, 0.3) is 11.5 Å². The fourth-order valence-electron chi connectivity index (χ4n) is 4.81. The number of methoxy groups -OCH3 is 2. The van der Waals surface area contributed by atoms with Crippen LogP contribution in [0.2, 0.25) is 0 Å². The van der Waals surface area contributed by atoms with Gasteiger partial charge >= 0.3 is 0 Å². The SMILES string of the molecule is COc1cc([C@H]2C(C(=O)Nc3ccccc3)=C(C)N=c3s/c(=C\c4ccc(OCC#N)c(OC)c4)c(=O)n32)ccc1C. The first-order valence-corrected chi connectivity index (χ1v) is 13.9. The first kappa shape index (κ1) is 28.4. The molecular formula is C32H28N4O5S. The normalized spacial score (nSPS) is 14.5. The Labute approximate surface area is 246 Å². The van der Waals surface area contributed by atoms with Crippen LogP contribution in [0.3, 0.4) is 0 Å². The summed E-state index contributed by atoms with van der Waals surface area (Å²) in [6.07, 6.45) is 1.75. The lowest BCUT2D eigenvalue weighted by Crippen LogP contribution is -2.40. The molecule has 1 aromatic heterocycles. The second kappa shape index (κ2) is 12.2. The second-order valence-corrected chi connectivity index (χ2v) is 10.5. The molecule has 0 saturated carbocycles. The van der Waals surface area contributed by atoms with Crippen molar-refractivity contribution in [1.29, 1.82) is 5.26 Å². The first-order chi connectivity index (χ1) is 20.3. The smallest absolute Gasteiger partial charge is 0.271 e. The Bertz CT molecular complexity index is 1920. The van der Waals surface area contributed by atoms with E-state index >= 15 is 0 Å². The van der Waals surface area contributed by atoms with E-state index in [0.29, 0.717) is 49.1 Å². The van der Waals surface area contributed by atoms with Crippen molar-refractivity contribution >= 4 is 29.0 Å². The molecule has 0 aliphatic carbocycles. The van der Waals surface area contributed by atoms with E-state index in [1.54, 1.807) is 55.0 Å². The van der Waals surface area contributed by atoms with Gasteiger partial charge in [-0.2, -0.15) is 5.26 Å². The number of thiazole rings is 1. The maximum Gasteiger partial charge on any atom is 0.271 e. The number of nitrogens with zero attached hydrogens (tertiary/aromatic N) is 3. The number of rotatable bonds is 8. The number of aryl methyl sites for hydroxylation is 1. The van der Waals surface area contributed by atoms with Gasteiger partial charge in [0.2, 0.25) is 0 Å². The topological polar surface area (TPSA) is 115 Å². The quantitative estimate of drug-likeness (QED) is 0.336. The van der Waals surface area contributed by atoms with Crippen molar-refractivity contribution in [1.82, 2.24) is 4.57 Å². The first-order valence-electron chi connectivity index (χ1n) is 13.1. The number of carbonyl (C=O) groups excluding carboxylic acids is 1. The van der Waals surface area contributed by atoms with Gasteiger partial charge in [0, 0.05) is 5.69 Å². The number of hydrogen-bond donors (Lipinski definition) is 1. The lowest BCUT2D eigenvalue weighted by molar-refractivity contribution is -0.113. The second-order valence-electron chi connectivity index (χ2n) is 9.49. The van der Waals surface area contributed by atoms with Gasteiger partial charge in [0.15, 0.2) is 22.9 Å². The third-order valence-electron chi connectivity index (χ3n) is 6.82. The average molecular weight is 581 g/mol. The van der Waals surface area contributed by atoms with Gasteiger partial charge in [-0.3, -0.25) is 14.2 Å². The number of allylic oxidation sites excluding steroid dienone is 1. The number of ether oxygens (including phenoxy) is 3. The Kier molecular flexibility index (Phi) is 8.22. The van der Waals surface area contributed by atoms with Crippen LogP contribution in [0, 0.1) is 18.3 Å². The van der Waals surface area contributed by atoms with Gasteiger partial charge in [0.05, 0.1) is 36.1 Å². The lowest BCUT2D eigenvalue weighted by Gasteiger charge is -2.26. The van der Waals surface area contributed by atoms with Crippen molar-refractivity contribution in [2.45, 2.75) is 19.9 Å². The maximum atomic E-state index is 14.0. The molecule has 0 fully saturated rings. The van der Waals surface area contributed by atoms with Crippen molar-refractivity contribution in [2.75, 3.05) is 26.1 Å². The molecule has 9 nitrogen and oxygen atoms in total. The van der Waals surface area contributed by atoms with Crippen molar-refractivity contribution < 1.29 is 19.0 Å². The van der Waals surface area contributed by atoms with E-state index in [4.69, 9.17) is 24.5 Å². The maximum absolute atomic E-state index is 14.0. The molecule has 3 aromatic carbocycles. The van der Waals surface area contributed by atoms with Crippen LogP contribution in [-0.2, 0) is 4.79 Å². The summed E-state index contributed by atoms with van der Waals surface area (Å²) in [5, 5.41) is 11.8. The van der Waals surface area contributed by atoms with Gasteiger partial charge in [-0.1, -0.05) is 47.7 Å². The molecule has 0 saturated heterocycles. The van der Waals surface area contributed by atoms with Crippen molar-refractivity contribution in [2.24, 2.45) is 4.99 Å². The summed E-state index contributed by atoms with van der Waals surface area (Å²) in [5.74, 6) is 1.17. The van der Waals surface area contributed by atoms with Crippen molar-refractivity contribution in [3.05, 3.63) is 114 Å². The number of hydrogen-bond acceptors (Lipinski definition) is 8. The van der Waals surface area contributed by atoms with Gasteiger partial charge in [-0.05, 0) is 66.9 Å². The molecule has 0 radical (unpaired) electrons. The van der Waals surface area contributed by atoms with E-state index in [1.807, 2.05) is 49.4 Å². The minimum absolute atomic E-state index is 0.113. The zero-order chi connectivity index (χ0) is 29.8. The molecule has 42 heavy (non-hydrogen) atoms. The van der Waals surface area contributed by atoms with Crippen LogP contribution in [0.5, 0.6) is 17.2 Å². The van der Waals surface area contributed by atoms with Gasteiger partial charge in [-0.15, -0.1) is 0 Å². The van der Waals surface area contributed by atoms with Crippen LogP contribution in [0.4, 0.5) is 5.69 Å². The predicted octanol–water partition coefficient (Wildman–Crippen LogP) is 4.10. The Morgan fingerprint density at radius 2 is 1.81 bits per heavy atom. The van der Waals surface area contributed by atoms with Crippen LogP contribution >= 0.6 is 11.3 Å².